The van der Waals surface area contributed by atoms with E-state index in [2.05, 4.69) is 44.8 Å². The maximum absolute atomic E-state index is 12.1. The van der Waals surface area contributed by atoms with E-state index in [0.29, 0.717) is 12.6 Å². The summed E-state index contributed by atoms with van der Waals surface area (Å²) in [7, 11) is 0. The Morgan fingerprint density at radius 3 is 2.00 bits per heavy atom. The minimum absolute atomic E-state index is 0.167. The molecule has 2 atom stereocenters. The van der Waals surface area contributed by atoms with E-state index in [9.17, 15) is 4.79 Å². The lowest BCUT2D eigenvalue weighted by Crippen LogP contribution is -2.42. The van der Waals surface area contributed by atoms with E-state index in [4.69, 9.17) is 0 Å². The molecular weight excluding hydrogens is 224 g/mol. The van der Waals surface area contributed by atoms with Crippen LogP contribution in [0.3, 0.4) is 0 Å². The first kappa shape index (κ1) is 17.4. The molecular formula is C15H32N2O. The number of nitrogens with one attached hydrogen (secondary N) is 1. The van der Waals surface area contributed by atoms with Crippen LogP contribution in [0.25, 0.3) is 0 Å². The Morgan fingerprint density at radius 1 is 1.06 bits per heavy atom. The first-order valence-electron chi connectivity index (χ1n) is 7.60. The SMILES string of the molecule is CCCN(CCC)CNC(=O)C(CC)C(C)CC. The van der Waals surface area contributed by atoms with Crippen LogP contribution >= 0.6 is 0 Å². The van der Waals surface area contributed by atoms with E-state index in [0.717, 1.165) is 38.8 Å². The van der Waals surface area contributed by atoms with Crippen LogP contribution in [0.1, 0.15) is 60.3 Å². The molecule has 1 N–H and O–H groups in total. The Kier molecular flexibility index (Phi) is 10.0. The zero-order valence-corrected chi connectivity index (χ0v) is 13.0. The lowest BCUT2D eigenvalue weighted by Gasteiger charge is -2.25. The average Bonchev–Trinajstić information content (AvgIpc) is 2.37. The van der Waals surface area contributed by atoms with Crippen molar-refractivity contribution in [1.82, 2.24) is 10.2 Å². The number of rotatable bonds is 10. The van der Waals surface area contributed by atoms with Crippen molar-refractivity contribution in [3.63, 3.8) is 0 Å². The molecule has 0 aromatic carbocycles. The summed E-state index contributed by atoms with van der Waals surface area (Å²) in [6, 6.07) is 0. The summed E-state index contributed by atoms with van der Waals surface area (Å²) in [6.45, 7) is 13.6. The standard InChI is InChI=1S/C15H32N2O/c1-6-10-17(11-7-2)12-16-15(18)14(9-4)13(5)8-3/h13-14H,6-12H2,1-5H3,(H,16,18). The third-order valence-corrected chi connectivity index (χ3v) is 3.66. The predicted octanol–water partition coefficient (Wildman–Crippen LogP) is 3.25. The first-order chi connectivity index (χ1) is 8.60. The molecule has 0 aliphatic rings. The van der Waals surface area contributed by atoms with Crippen molar-refractivity contribution in [3.05, 3.63) is 0 Å². The van der Waals surface area contributed by atoms with E-state index in [1.807, 2.05) is 0 Å². The van der Waals surface area contributed by atoms with Crippen LogP contribution in [0.15, 0.2) is 0 Å². The van der Waals surface area contributed by atoms with Gasteiger partial charge >= 0.3 is 0 Å². The average molecular weight is 256 g/mol. The van der Waals surface area contributed by atoms with E-state index >= 15 is 0 Å². The van der Waals surface area contributed by atoms with Gasteiger partial charge in [0.05, 0.1) is 6.67 Å². The molecule has 0 radical (unpaired) electrons. The Balaban J connectivity index is 4.19. The molecule has 0 aromatic heterocycles. The van der Waals surface area contributed by atoms with Crippen LogP contribution in [0, 0.1) is 11.8 Å². The van der Waals surface area contributed by atoms with Crippen LogP contribution < -0.4 is 5.32 Å². The number of amides is 1. The van der Waals surface area contributed by atoms with Gasteiger partial charge in [0.15, 0.2) is 0 Å². The fourth-order valence-electron chi connectivity index (χ4n) is 2.35. The second-order valence-electron chi connectivity index (χ2n) is 5.22. The summed E-state index contributed by atoms with van der Waals surface area (Å²) >= 11 is 0. The van der Waals surface area contributed by atoms with Crippen molar-refractivity contribution in [1.29, 1.82) is 0 Å². The van der Waals surface area contributed by atoms with Gasteiger partial charge in [0.25, 0.3) is 0 Å². The van der Waals surface area contributed by atoms with Crippen molar-refractivity contribution >= 4 is 5.91 Å². The van der Waals surface area contributed by atoms with Gasteiger partial charge in [-0.05, 0) is 38.3 Å². The Labute approximate surface area is 113 Å². The van der Waals surface area contributed by atoms with E-state index < -0.39 is 0 Å². The molecule has 0 aromatic rings. The second-order valence-corrected chi connectivity index (χ2v) is 5.22. The van der Waals surface area contributed by atoms with Gasteiger partial charge < -0.3 is 5.32 Å². The van der Waals surface area contributed by atoms with Crippen LogP contribution in [-0.2, 0) is 4.79 Å². The Morgan fingerprint density at radius 2 is 1.61 bits per heavy atom. The van der Waals surface area contributed by atoms with Gasteiger partial charge in [-0.15, -0.1) is 0 Å². The zero-order chi connectivity index (χ0) is 14.0. The lowest BCUT2D eigenvalue weighted by atomic mass is 9.89. The van der Waals surface area contributed by atoms with Crippen LogP contribution in [-0.4, -0.2) is 30.6 Å². The lowest BCUT2D eigenvalue weighted by molar-refractivity contribution is -0.127. The molecule has 18 heavy (non-hydrogen) atoms. The molecule has 0 rings (SSSR count). The number of hydrogen-bond donors (Lipinski definition) is 1. The van der Waals surface area contributed by atoms with Gasteiger partial charge in [0.2, 0.25) is 5.91 Å². The van der Waals surface area contributed by atoms with Crippen LogP contribution in [0.4, 0.5) is 0 Å². The van der Waals surface area contributed by atoms with Crippen molar-refractivity contribution < 1.29 is 4.79 Å². The molecule has 2 unspecified atom stereocenters. The number of nitrogens with zero attached hydrogens (tertiary/aromatic N) is 1. The Hall–Kier alpha value is -0.570. The molecule has 3 nitrogen and oxygen atoms in total. The van der Waals surface area contributed by atoms with E-state index in [1.54, 1.807) is 0 Å². The summed E-state index contributed by atoms with van der Waals surface area (Å²) in [5.74, 6) is 0.866. The molecule has 1 amide bonds. The fraction of sp³-hybridized carbons (Fsp3) is 0.933. The van der Waals surface area contributed by atoms with Gasteiger partial charge in [-0.1, -0.05) is 41.0 Å². The largest absolute Gasteiger partial charge is 0.343 e. The highest BCUT2D eigenvalue weighted by molar-refractivity contribution is 5.78. The quantitative estimate of drug-likeness (QED) is 0.609. The van der Waals surface area contributed by atoms with Gasteiger partial charge in [-0.2, -0.15) is 0 Å². The van der Waals surface area contributed by atoms with Gasteiger partial charge in [-0.25, -0.2) is 0 Å². The van der Waals surface area contributed by atoms with Gasteiger partial charge in [0.1, 0.15) is 0 Å². The van der Waals surface area contributed by atoms with Crippen molar-refractivity contribution in [2.45, 2.75) is 60.3 Å². The molecule has 3 heteroatoms. The summed E-state index contributed by atoms with van der Waals surface area (Å²) in [5, 5.41) is 3.11. The molecule has 0 bridgehead atoms. The highest BCUT2D eigenvalue weighted by Crippen LogP contribution is 2.18. The third-order valence-electron chi connectivity index (χ3n) is 3.66. The highest BCUT2D eigenvalue weighted by Gasteiger charge is 2.21. The van der Waals surface area contributed by atoms with Crippen LogP contribution in [0.2, 0.25) is 0 Å². The Bertz CT molecular complexity index is 213. The molecule has 0 aliphatic carbocycles. The minimum atomic E-state index is 0.167. The number of carbonyl (C=O) groups is 1. The summed E-state index contributed by atoms with van der Waals surface area (Å²) in [4.78, 5) is 14.5. The summed E-state index contributed by atoms with van der Waals surface area (Å²) in [6.07, 6.45) is 4.28. The molecule has 0 spiro atoms. The second kappa shape index (κ2) is 10.4. The van der Waals surface area contributed by atoms with Gasteiger partial charge in [-0.3, -0.25) is 9.69 Å². The van der Waals surface area contributed by atoms with Crippen molar-refractivity contribution in [2.75, 3.05) is 19.8 Å². The maximum atomic E-state index is 12.1. The molecule has 0 saturated heterocycles. The highest BCUT2D eigenvalue weighted by atomic mass is 16.2. The van der Waals surface area contributed by atoms with E-state index in [-0.39, 0.29) is 11.8 Å². The smallest absolute Gasteiger partial charge is 0.224 e. The minimum Gasteiger partial charge on any atom is -0.343 e. The number of carbonyl (C=O) groups excluding carboxylic acids is 1. The van der Waals surface area contributed by atoms with E-state index in [1.165, 1.54) is 0 Å². The fourth-order valence-corrected chi connectivity index (χ4v) is 2.35. The monoisotopic (exact) mass is 256 g/mol. The molecule has 0 fully saturated rings. The molecule has 0 heterocycles. The first-order valence-corrected chi connectivity index (χ1v) is 7.60. The van der Waals surface area contributed by atoms with Crippen molar-refractivity contribution in [2.24, 2.45) is 11.8 Å². The summed E-state index contributed by atoms with van der Waals surface area (Å²) < 4.78 is 0. The summed E-state index contributed by atoms with van der Waals surface area (Å²) in [5.41, 5.74) is 0. The van der Waals surface area contributed by atoms with Gasteiger partial charge in [0, 0.05) is 5.92 Å². The number of hydrogen-bond acceptors (Lipinski definition) is 2. The van der Waals surface area contributed by atoms with Crippen LogP contribution in [0.5, 0.6) is 0 Å². The molecule has 108 valence electrons. The topological polar surface area (TPSA) is 32.3 Å². The molecule has 0 aliphatic heterocycles. The normalized spacial score (nSPS) is 14.6. The van der Waals surface area contributed by atoms with Crippen molar-refractivity contribution in [3.8, 4) is 0 Å². The predicted molar refractivity (Wildman–Crippen MR) is 78.4 cm³/mol. The maximum Gasteiger partial charge on any atom is 0.224 e. The zero-order valence-electron chi connectivity index (χ0n) is 13.0. The third kappa shape index (κ3) is 6.39. The molecule has 0 saturated carbocycles.